The summed E-state index contributed by atoms with van der Waals surface area (Å²) in [5.41, 5.74) is 3.58. The molecule has 0 spiro atoms. The van der Waals surface area contributed by atoms with E-state index in [4.69, 9.17) is 5.11 Å². The number of aromatic nitrogens is 1. The molecule has 0 saturated carbocycles. The predicted molar refractivity (Wildman–Crippen MR) is 67.2 cm³/mol. The molecule has 17 heavy (non-hydrogen) atoms. The predicted octanol–water partition coefficient (Wildman–Crippen LogP) is 2.95. The summed E-state index contributed by atoms with van der Waals surface area (Å²) in [7, 11) is 1.78. The molecular weight excluding hydrogens is 214 g/mol. The SMILES string of the molecule is CCc1ccccc1-c1ccc(C(=O)O)n1C. The van der Waals surface area contributed by atoms with E-state index in [1.165, 1.54) is 5.56 Å². The Morgan fingerprint density at radius 1 is 1.24 bits per heavy atom. The second-order valence-electron chi connectivity index (χ2n) is 3.98. The summed E-state index contributed by atoms with van der Waals surface area (Å²) < 4.78 is 1.72. The highest BCUT2D eigenvalue weighted by Gasteiger charge is 2.13. The number of aryl methyl sites for hydroxylation is 1. The third kappa shape index (κ3) is 1.96. The van der Waals surface area contributed by atoms with Crippen LogP contribution in [0.15, 0.2) is 36.4 Å². The van der Waals surface area contributed by atoms with E-state index in [-0.39, 0.29) is 0 Å². The molecule has 0 fully saturated rings. The molecule has 1 aromatic carbocycles. The number of carboxylic acids is 1. The minimum Gasteiger partial charge on any atom is -0.477 e. The Morgan fingerprint density at radius 2 is 1.94 bits per heavy atom. The van der Waals surface area contributed by atoms with E-state index in [0.717, 1.165) is 17.7 Å². The largest absolute Gasteiger partial charge is 0.477 e. The van der Waals surface area contributed by atoms with Crippen molar-refractivity contribution in [2.75, 3.05) is 0 Å². The van der Waals surface area contributed by atoms with Crippen molar-refractivity contribution in [3.63, 3.8) is 0 Å². The first kappa shape index (κ1) is 11.5. The Labute approximate surface area is 100 Å². The maximum atomic E-state index is 11.0. The van der Waals surface area contributed by atoms with Crippen molar-refractivity contribution in [3.8, 4) is 11.3 Å². The van der Waals surface area contributed by atoms with Crippen LogP contribution in [0.1, 0.15) is 23.0 Å². The van der Waals surface area contributed by atoms with Gasteiger partial charge in [-0.05, 0) is 24.1 Å². The van der Waals surface area contributed by atoms with Crippen LogP contribution in [0.5, 0.6) is 0 Å². The highest BCUT2D eigenvalue weighted by Crippen LogP contribution is 2.25. The fourth-order valence-electron chi connectivity index (χ4n) is 2.07. The summed E-state index contributed by atoms with van der Waals surface area (Å²) in [6.07, 6.45) is 0.934. The van der Waals surface area contributed by atoms with Gasteiger partial charge in [0, 0.05) is 18.3 Å². The monoisotopic (exact) mass is 229 g/mol. The van der Waals surface area contributed by atoms with Crippen LogP contribution in [0.2, 0.25) is 0 Å². The van der Waals surface area contributed by atoms with Crippen molar-refractivity contribution < 1.29 is 9.90 Å². The summed E-state index contributed by atoms with van der Waals surface area (Å²) in [5.74, 6) is -0.896. The van der Waals surface area contributed by atoms with E-state index in [1.54, 1.807) is 17.7 Å². The third-order valence-electron chi connectivity index (χ3n) is 3.02. The van der Waals surface area contributed by atoms with Gasteiger partial charge in [-0.3, -0.25) is 0 Å². The topological polar surface area (TPSA) is 42.2 Å². The van der Waals surface area contributed by atoms with E-state index >= 15 is 0 Å². The Bertz CT molecular complexity index is 555. The lowest BCUT2D eigenvalue weighted by Gasteiger charge is -2.09. The summed E-state index contributed by atoms with van der Waals surface area (Å²) >= 11 is 0. The van der Waals surface area contributed by atoms with Crippen LogP contribution < -0.4 is 0 Å². The van der Waals surface area contributed by atoms with E-state index in [1.807, 2.05) is 24.3 Å². The van der Waals surface area contributed by atoms with E-state index < -0.39 is 5.97 Å². The van der Waals surface area contributed by atoms with Crippen LogP contribution in [0.4, 0.5) is 0 Å². The van der Waals surface area contributed by atoms with Gasteiger partial charge >= 0.3 is 5.97 Å². The molecule has 0 radical (unpaired) electrons. The first-order valence-corrected chi connectivity index (χ1v) is 5.62. The van der Waals surface area contributed by atoms with Gasteiger partial charge in [0.25, 0.3) is 0 Å². The van der Waals surface area contributed by atoms with Crippen LogP contribution in [0.3, 0.4) is 0 Å². The summed E-state index contributed by atoms with van der Waals surface area (Å²) in [4.78, 5) is 11.0. The summed E-state index contributed by atoms with van der Waals surface area (Å²) in [6, 6.07) is 11.6. The van der Waals surface area contributed by atoms with E-state index in [0.29, 0.717) is 5.69 Å². The molecular formula is C14H15NO2. The number of hydrogen-bond donors (Lipinski definition) is 1. The molecule has 2 aromatic rings. The van der Waals surface area contributed by atoms with Gasteiger partial charge in [-0.15, -0.1) is 0 Å². The lowest BCUT2D eigenvalue weighted by atomic mass is 10.0. The number of carbonyl (C=O) groups is 1. The van der Waals surface area contributed by atoms with Crippen LogP contribution in [-0.4, -0.2) is 15.6 Å². The first-order valence-electron chi connectivity index (χ1n) is 5.62. The number of benzene rings is 1. The Balaban J connectivity index is 2.57. The molecule has 0 amide bonds. The molecule has 0 bridgehead atoms. The molecule has 3 nitrogen and oxygen atoms in total. The molecule has 0 aliphatic carbocycles. The molecule has 1 N–H and O–H groups in total. The quantitative estimate of drug-likeness (QED) is 0.879. The highest BCUT2D eigenvalue weighted by atomic mass is 16.4. The molecule has 0 atom stereocenters. The normalized spacial score (nSPS) is 10.5. The number of carboxylic acid groups (broad SMARTS) is 1. The standard InChI is InChI=1S/C14H15NO2/c1-3-10-6-4-5-7-11(10)12-8-9-13(14(16)17)15(12)2/h4-9H,3H2,1-2H3,(H,16,17). The maximum absolute atomic E-state index is 11.0. The van der Waals surface area contributed by atoms with Gasteiger partial charge in [-0.2, -0.15) is 0 Å². The van der Waals surface area contributed by atoms with Crippen LogP contribution in [0.25, 0.3) is 11.3 Å². The smallest absolute Gasteiger partial charge is 0.352 e. The average molecular weight is 229 g/mol. The lowest BCUT2D eigenvalue weighted by Crippen LogP contribution is -2.05. The van der Waals surface area contributed by atoms with Crippen molar-refractivity contribution in [1.82, 2.24) is 4.57 Å². The first-order chi connectivity index (χ1) is 8.15. The van der Waals surface area contributed by atoms with Gasteiger partial charge in [0.1, 0.15) is 5.69 Å². The minimum atomic E-state index is -0.896. The highest BCUT2D eigenvalue weighted by molar-refractivity contribution is 5.87. The zero-order valence-electron chi connectivity index (χ0n) is 9.97. The lowest BCUT2D eigenvalue weighted by molar-refractivity contribution is 0.0687. The van der Waals surface area contributed by atoms with Crippen LogP contribution in [-0.2, 0) is 13.5 Å². The summed E-state index contributed by atoms with van der Waals surface area (Å²) in [6.45, 7) is 2.10. The number of rotatable bonds is 3. The second kappa shape index (κ2) is 4.45. The molecule has 0 aliphatic rings. The fraction of sp³-hybridized carbons (Fsp3) is 0.214. The molecule has 3 heteroatoms. The summed E-state index contributed by atoms with van der Waals surface area (Å²) in [5, 5.41) is 9.03. The Morgan fingerprint density at radius 3 is 2.53 bits per heavy atom. The molecule has 0 aliphatic heterocycles. The maximum Gasteiger partial charge on any atom is 0.352 e. The third-order valence-corrected chi connectivity index (χ3v) is 3.02. The average Bonchev–Trinajstić information content (AvgIpc) is 2.71. The van der Waals surface area contributed by atoms with Crippen molar-refractivity contribution in [1.29, 1.82) is 0 Å². The number of hydrogen-bond acceptors (Lipinski definition) is 1. The Hall–Kier alpha value is -2.03. The molecule has 1 aromatic heterocycles. The second-order valence-corrected chi connectivity index (χ2v) is 3.98. The van der Waals surface area contributed by atoms with Crippen LogP contribution in [0, 0.1) is 0 Å². The van der Waals surface area contributed by atoms with E-state index in [2.05, 4.69) is 13.0 Å². The van der Waals surface area contributed by atoms with Crippen molar-refractivity contribution in [2.24, 2.45) is 7.05 Å². The Kier molecular flexibility index (Phi) is 3.00. The van der Waals surface area contributed by atoms with Gasteiger partial charge < -0.3 is 9.67 Å². The molecule has 0 unspecified atom stereocenters. The molecule has 0 saturated heterocycles. The van der Waals surface area contributed by atoms with Gasteiger partial charge in [-0.25, -0.2) is 4.79 Å². The zero-order chi connectivity index (χ0) is 12.4. The van der Waals surface area contributed by atoms with Gasteiger partial charge in [0.2, 0.25) is 0 Å². The molecule has 88 valence electrons. The van der Waals surface area contributed by atoms with Gasteiger partial charge in [0.15, 0.2) is 0 Å². The molecule has 1 heterocycles. The fourth-order valence-corrected chi connectivity index (χ4v) is 2.07. The van der Waals surface area contributed by atoms with Crippen LogP contribution >= 0.6 is 0 Å². The van der Waals surface area contributed by atoms with Crippen molar-refractivity contribution >= 4 is 5.97 Å². The number of nitrogens with zero attached hydrogens (tertiary/aromatic N) is 1. The van der Waals surface area contributed by atoms with Gasteiger partial charge in [-0.1, -0.05) is 31.2 Å². The van der Waals surface area contributed by atoms with Crippen molar-refractivity contribution in [3.05, 3.63) is 47.7 Å². The number of aromatic carboxylic acids is 1. The minimum absolute atomic E-state index is 0.311. The van der Waals surface area contributed by atoms with E-state index in [9.17, 15) is 4.79 Å². The van der Waals surface area contributed by atoms with Gasteiger partial charge in [0.05, 0.1) is 0 Å². The van der Waals surface area contributed by atoms with Crippen molar-refractivity contribution in [2.45, 2.75) is 13.3 Å². The zero-order valence-corrected chi connectivity index (χ0v) is 9.97. The molecule has 2 rings (SSSR count).